The normalized spacial score (nSPS) is 13.6. The Morgan fingerprint density at radius 3 is 2.84 bits per heavy atom. The third-order valence-electron chi connectivity index (χ3n) is 3.28. The smallest absolute Gasteiger partial charge is 0.255 e. The molecule has 1 amide bonds. The highest BCUT2D eigenvalue weighted by atomic mass is 16.2. The summed E-state index contributed by atoms with van der Waals surface area (Å²) in [6.07, 6.45) is 2.62. The van der Waals surface area contributed by atoms with Crippen LogP contribution in [-0.2, 0) is 0 Å². The topological polar surface area (TPSA) is 40.5 Å². The zero-order valence-electron chi connectivity index (χ0n) is 11.4. The van der Waals surface area contributed by atoms with E-state index in [0.29, 0.717) is 18.0 Å². The number of aliphatic hydroxyl groups is 1. The molecule has 0 bridgehead atoms. The van der Waals surface area contributed by atoms with Crippen LogP contribution in [0.4, 0.5) is 0 Å². The van der Waals surface area contributed by atoms with E-state index < -0.39 is 0 Å². The van der Waals surface area contributed by atoms with Crippen LogP contribution in [0.5, 0.6) is 0 Å². The van der Waals surface area contributed by atoms with E-state index in [4.69, 9.17) is 5.11 Å². The van der Waals surface area contributed by atoms with Gasteiger partial charge < -0.3 is 10.0 Å². The number of hydrogen-bond donors (Lipinski definition) is 1. The molecule has 0 atom stereocenters. The monoisotopic (exact) mass is 257 g/mol. The van der Waals surface area contributed by atoms with E-state index in [0.717, 1.165) is 24.0 Å². The minimum Gasteiger partial charge on any atom is -0.395 e. The van der Waals surface area contributed by atoms with Crippen LogP contribution < -0.4 is 0 Å². The largest absolute Gasteiger partial charge is 0.395 e. The van der Waals surface area contributed by atoms with Crippen molar-refractivity contribution in [2.45, 2.75) is 32.2 Å². The van der Waals surface area contributed by atoms with Gasteiger partial charge in [-0.3, -0.25) is 4.79 Å². The Bertz CT molecular complexity index is 535. The summed E-state index contributed by atoms with van der Waals surface area (Å²) in [5.74, 6) is 5.92. The lowest BCUT2D eigenvalue weighted by atomic mass is 10.0. The van der Waals surface area contributed by atoms with Crippen LogP contribution in [0, 0.1) is 18.8 Å². The van der Waals surface area contributed by atoms with E-state index in [1.54, 1.807) is 0 Å². The van der Waals surface area contributed by atoms with Crippen molar-refractivity contribution < 1.29 is 9.90 Å². The highest BCUT2D eigenvalue weighted by molar-refractivity contribution is 5.97. The highest BCUT2D eigenvalue weighted by Crippen LogP contribution is 2.27. The van der Waals surface area contributed by atoms with Gasteiger partial charge in [0.1, 0.15) is 0 Å². The van der Waals surface area contributed by atoms with Crippen LogP contribution in [-0.4, -0.2) is 35.6 Å². The molecule has 1 aromatic rings. The molecule has 3 heteroatoms. The standard InChI is InChI=1S/C16H19NO2/c1-12-6-9-15(13(11-12)5-3-4-10-18)16(19)17(2)14-7-8-14/h6,9,11,14,18H,4,7-8,10H2,1-2H3. The number of benzene rings is 1. The Balaban J connectivity index is 2.28. The van der Waals surface area contributed by atoms with Gasteiger partial charge in [0, 0.05) is 25.1 Å². The fraction of sp³-hybridized carbons (Fsp3) is 0.438. The Morgan fingerprint density at radius 2 is 2.21 bits per heavy atom. The molecular formula is C16H19NO2. The van der Waals surface area contributed by atoms with Crippen molar-refractivity contribution in [1.29, 1.82) is 0 Å². The van der Waals surface area contributed by atoms with Gasteiger partial charge in [-0.15, -0.1) is 0 Å². The molecule has 0 aromatic heterocycles. The predicted octanol–water partition coefficient (Wildman–Crippen LogP) is 1.96. The Labute approximate surface area is 114 Å². The average molecular weight is 257 g/mol. The first kappa shape index (κ1) is 13.6. The molecule has 1 N–H and O–H groups in total. The van der Waals surface area contributed by atoms with Gasteiger partial charge in [0.2, 0.25) is 0 Å². The number of rotatable bonds is 3. The van der Waals surface area contributed by atoms with Crippen LogP contribution >= 0.6 is 0 Å². The van der Waals surface area contributed by atoms with E-state index in [1.807, 2.05) is 37.1 Å². The van der Waals surface area contributed by atoms with Crippen LogP contribution in [0.2, 0.25) is 0 Å². The van der Waals surface area contributed by atoms with E-state index in [2.05, 4.69) is 11.8 Å². The van der Waals surface area contributed by atoms with E-state index >= 15 is 0 Å². The number of nitrogens with zero attached hydrogens (tertiary/aromatic N) is 1. The maximum Gasteiger partial charge on any atom is 0.255 e. The second-order valence-electron chi connectivity index (χ2n) is 4.97. The first-order valence-electron chi connectivity index (χ1n) is 6.61. The summed E-state index contributed by atoms with van der Waals surface area (Å²) in [5, 5.41) is 8.77. The number of hydrogen-bond acceptors (Lipinski definition) is 2. The molecule has 100 valence electrons. The molecule has 19 heavy (non-hydrogen) atoms. The number of amides is 1. The molecular weight excluding hydrogens is 238 g/mol. The van der Waals surface area contributed by atoms with Gasteiger partial charge in [0.15, 0.2) is 0 Å². The van der Waals surface area contributed by atoms with Gasteiger partial charge in [0.05, 0.1) is 12.2 Å². The predicted molar refractivity (Wildman–Crippen MR) is 74.9 cm³/mol. The zero-order valence-corrected chi connectivity index (χ0v) is 11.4. The Hall–Kier alpha value is -1.79. The van der Waals surface area contributed by atoms with Crippen molar-refractivity contribution in [3.8, 4) is 11.8 Å². The minimum absolute atomic E-state index is 0.0378. The van der Waals surface area contributed by atoms with Crippen molar-refractivity contribution in [2.24, 2.45) is 0 Å². The molecule has 0 saturated heterocycles. The molecule has 0 spiro atoms. The molecule has 0 unspecified atom stereocenters. The van der Waals surface area contributed by atoms with Crippen molar-refractivity contribution in [2.75, 3.05) is 13.7 Å². The van der Waals surface area contributed by atoms with Gasteiger partial charge in [-0.05, 0) is 37.5 Å². The van der Waals surface area contributed by atoms with Crippen molar-refractivity contribution in [3.63, 3.8) is 0 Å². The van der Waals surface area contributed by atoms with Crippen LogP contribution in [0.1, 0.15) is 40.7 Å². The molecule has 1 aliphatic rings. The number of aryl methyl sites for hydroxylation is 1. The molecule has 1 aromatic carbocycles. The molecule has 2 rings (SSSR count). The van der Waals surface area contributed by atoms with Crippen LogP contribution in [0.25, 0.3) is 0 Å². The van der Waals surface area contributed by atoms with Gasteiger partial charge in [-0.25, -0.2) is 0 Å². The third kappa shape index (κ3) is 3.36. The molecule has 0 aliphatic heterocycles. The second kappa shape index (κ2) is 5.90. The summed E-state index contributed by atoms with van der Waals surface area (Å²) >= 11 is 0. The lowest BCUT2D eigenvalue weighted by Gasteiger charge is -2.17. The van der Waals surface area contributed by atoms with Crippen molar-refractivity contribution in [1.82, 2.24) is 4.90 Å². The molecule has 1 saturated carbocycles. The summed E-state index contributed by atoms with van der Waals surface area (Å²) in [7, 11) is 1.85. The van der Waals surface area contributed by atoms with Gasteiger partial charge in [0.25, 0.3) is 5.91 Å². The fourth-order valence-electron chi connectivity index (χ4n) is 1.98. The number of carbonyl (C=O) groups excluding carboxylic acids is 1. The van der Waals surface area contributed by atoms with Crippen molar-refractivity contribution in [3.05, 3.63) is 34.9 Å². The molecule has 0 radical (unpaired) electrons. The Morgan fingerprint density at radius 1 is 1.47 bits per heavy atom. The average Bonchev–Trinajstić information content (AvgIpc) is 3.22. The summed E-state index contributed by atoms with van der Waals surface area (Å²) < 4.78 is 0. The quantitative estimate of drug-likeness (QED) is 0.841. The van der Waals surface area contributed by atoms with E-state index in [-0.39, 0.29) is 12.5 Å². The zero-order chi connectivity index (χ0) is 13.8. The summed E-state index contributed by atoms with van der Waals surface area (Å²) in [4.78, 5) is 14.2. The van der Waals surface area contributed by atoms with Gasteiger partial charge in [-0.2, -0.15) is 0 Å². The first-order chi connectivity index (χ1) is 9.13. The minimum atomic E-state index is 0.0378. The maximum absolute atomic E-state index is 12.4. The molecule has 1 fully saturated rings. The summed E-state index contributed by atoms with van der Waals surface area (Å²) in [6.45, 7) is 2.03. The molecule has 1 aliphatic carbocycles. The Kier molecular flexibility index (Phi) is 4.24. The lowest BCUT2D eigenvalue weighted by Crippen LogP contribution is -2.29. The van der Waals surface area contributed by atoms with Gasteiger partial charge in [-0.1, -0.05) is 17.9 Å². The maximum atomic E-state index is 12.4. The second-order valence-corrected chi connectivity index (χ2v) is 4.97. The molecule has 3 nitrogen and oxygen atoms in total. The number of aliphatic hydroxyl groups excluding tert-OH is 1. The summed E-state index contributed by atoms with van der Waals surface area (Å²) in [5.41, 5.74) is 2.50. The SMILES string of the molecule is Cc1ccc(C(=O)N(C)C2CC2)c(C#CCCO)c1. The van der Waals surface area contributed by atoms with Crippen molar-refractivity contribution >= 4 is 5.91 Å². The van der Waals surface area contributed by atoms with Crippen LogP contribution in [0.3, 0.4) is 0 Å². The third-order valence-corrected chi connectivity index (χ3v) is 3.28. The van der Waals surface area contributed by atoms with Gasteiger partial charge >= 0.3 is 0 Å². The van der Waals surface area contributed by atoms with Crippen LogP contribution in [0.15, 0.2) is 18.2 Å². The first-order valence-corrected chi connectivity index (χ1v) is 6.61. The van der Waals surface area contributed by atoms with E-state index in [1.165, 1.54) is 0 Å². The summed E-state index contributed by atoms with van der Waals surface area (Å²) in [6, 6.07) is 6.11. The van der Waals surface area contributed by atoms with E-state index in [9.17, 15) is 4.79 Å². The molecule has 0 heterocycles. The highest BCUT2D eigenvalue weighted by Gasteiger charge is 2.30. The lowest BCUT2D eigenvalue weighted by molar-refractivity contribution is 0.0785. The number of carbonyl (C=O) groups is 1. The fourth-order valence-corrected chi connectivity index (χ4v) is 1.98.